The highest BCUT2D eigenvalue weighted by Gasteiger charge is 2.31. The van der Waals surface area contributed by atoms with Crippen molar-refractivity contribution in [2.75, 3.05) is 6.54 Å². The number of hydrogen-bond donors (Lipinski definition) is 9. The van der Waals surface area contributed by atoms with Crippen molar-refractivity contribution in [2.24, 2.45) is 22.9 Å². The lowest BCUT2D eigenvalue weighted by Gasteiger charge is -2.24. The van der Waals surface area contributed by atoms with Gasteiger partial charge in [-0.15, -0.1) is 0 Å². The van der Waals surface area contributed by atoms with Crippen LogP contribution in [-0.4, -0.2) is 83.1 Å². The van der Waals surface area contributed by atoms with E-state index in [0.717, 1.165) is 0 Å². The molecule has 36 heavy (non-hydrogen) atoms. The zero-order valence-corrected chi connectivity index (χ0v) is 19.6. The molecule has 0 aromatic heterocycles. The molecular formula is C19H32N8O9. The average Bonchev–Trinajstić information content (AvgIpc) is 2.77. The highest BCUT2D eigenvalue weighted by molar-refractivity contribution is 5.97. The Morgan fingerprint density at radius 1 is 0.667 bits per heavy atom. The molecule has 17 heteroatoms. The molecule has 7 amide bonds. The van der Waals surface area contributed by atoms with Crippen LogP contribution in [0.4, 0.5) is 0 Å². The van der Waals surface area contributed by atoms with Crippen molar-refractivity contribution >= 4 is 47.3 Å². The van der Waals surface area contributed by atoms with Gasteiger partial charge in [0.25, 0.3) is 0 Å². The molecule has 0 bridgehead atoms. The van der Waals surface area contributed by atoms with E-state index in [1.54, 1.807) is 0 Å². The smallest absolute Gasteiger partial charge is 0.326 e. The molecule has 202 valence electrons. The van der Waals surface area contributed by atoms with Crippen molar-refractivity contribution in [1.82, 2.24) is 21.3 Å². The number of nitrogens with one attached hydrogen (secondary N) is 4. The van der Waals surface area contributed by atoms with Gasteiger partial charge in [-0.05, 0) is 19.8 Å². The number of amides is 7. The standard InChI is InChI=1S/C19H32N8O9/c1-8(24-15(31)7-20)16(32)27-11(6-14(23)30)18(34)25-9(2-4-12(21)28)17(33)26-10(19(35)36)3-5-13(22)29/h8-11H,2-7,20H2,1H3,(H2,21,28)(H2,22,29)(H2,23,30)(H,24,31)(H,25,34)(H,26,33)(H,27,32)(H,35,36)/t8-,9-,10-,11-/m0/s1. The maximum atomic E-state index is 12.8. The second-order valence-electron chi connectivity index (χ2n) is 7.70. The fraction of sp³-hybridized carbons (Fsp3) is 0.579. The topological polar surface area (TPSA) is 309 Å². The summed E-state index contributed by atoms with van der Waals surface area (Å²) in [4.78, 5) is 94.2. The third-order valence-electron chi connectivity index (χ3n) is 4.60. The van der Waals surface area contributed by atoms with Crippen molar-refractivity contribution in [3.05, 3.63) is 0 Å². The highest BCUT2D eigenvalue weighted by Crippen LogP contribution is 2.04. The number of hydrogen-bond acceptors (Lipinski definition) is 9. The molecule has 0 fully saturated rings. The molecule has 0 saturated carbocycles. The van der Waals surface area contributed by atoms with E-state index in [4.69, 9.17) is 22.9 Å². The van der Waals surface area contributed by atoms with Gasteiger partial charge in [0.05, 0.1) is 13.0 Å². The number of primary amides is 3. The minimum atomic E-state index is -1.60. The minimum absolute atomic E-state index is 0.348. The molecule has 0 aliphatic carbocycles. The van der Waals surface area contributed by atoms with Crippen LogP contribution in [0.1, 0.15) is 39.0 Å². The van der Waals surface area contributed by atoms with Crippen molar-refractivity contribution in [3.8, 4) is 0 Å². The van der Waals surface area contributed by atoms with Crippen LogP contribution < -0.4 is 44.2 Å². The van der Waals surface area contributed by atoms with Crippen molar-refractivity contribution < 1.29 is 43.5 Å². The predicted molar refractivity (Wildman–Crippen MR) is 121 cm³/mol. The Bertz CT molecular complexity index is 879. The molecule has 0 radical (unpaired) electrons. The first-order valence-electron chi connectivity index (χ1n) is 10.7. The molecule has 0 aliphatic heterocycles. The van der Waals surface area contributed by atoms with E-state index in [-0.39, 0.29) is 19.3 Å². The summed E-state index contributed by atoms with van der Waals surface area (Å²) in [6.45, 7) is 0.875. The first-order chi connectivity index (χ1) is 16.7. The highest BCUT2D eigenvalue weighted by atomic mass is 16.4. The van der Waals surface area contributed by atoms with Crippen LogP contribution in [0, 0.1) is 0 Å². The third kappa shape index (κ3) is 12.8. The molecule has 13 N–H and O–H groups in total. The van der Waals surface area contributed by atoms with Crippen LogP contribution in [-0.2, 0) is 38.4 Å². The summed E-state index contributed by atoms with van der Waals surface area (Å²) >= 11 is 0. The van der Waals surface area contributed by atoms with E-state index in [1.807, 2.05) is 0 Å². The van der Waals surface area contributed by atoms with E-state index < -0.39 is 90.9 Å². The Labute approximate surface area is 205 Å². The van der Waals surface area contributed by atoms with Gasteiger partial charge in [0.15, 0.2) is 0 Å². The quantitative estimate of drug-likeness (QED) is 0.0882. The predicted octanol–water partition coefficient (Wildman–Crippen LogP) is -5.60. The number of carbonyl (C=O) groups is 8. The number of carboxylic acids is 1. The fourth-order valence-corrected chi connectivity index (χ4v) is 2.72. The molecule has 17 nitrogen and oxygen atoms in total. The Morgan fingerprint density at radius 3 is 1.56 bits per heavy atom. The lowest BCUT2D eigenvalue weighted by atomic mass is 10.1. The van der Waals surface area contributed by atoms with E-state index in [9.17, 15) is 43.5 Å². The van der Waals surface area contributed by atoms with Gasteiger partial charge in [0.1, 0.15) is 24.2 Å². The normalized spacial score (nSPS) is 13.7. The average molecular weight is 517 g/mol. The first kappa shape index (κ1) is 31.7. The summed E-state index contributed by atoms with van der Waals surface area (Å²) in [5, 5.41) is 18.0. The Hall–Kier alpha value is -4.28. The summed E-state index contributed by atoms with van der Waals surface area (Å²) in [6.07, 6.45) is -2.17. The van der Waals surface area contributed by atoms with Crippen molar-refractivity contribution in [1.29, 1.82) is 0 Å². The molecule has 0 aromatic carbocycles. The molecule has 0 aliphatic rings. The Balaban J connectivity index is 5.62. The third-order valence-corrected chi connectivity index (χ3v) is 4.60. The number of rotatable bonds is 17. The summed E-state index contributed by atoms with van der Waals surface area (Å²) in [5.74, 6) is -7.80. The fourth-order valence-electron chi connectivity index (χ4n) is 2.72. The number of carboxylic acid groups (broad SMARTS) is 1. The molecule has 4 atom stereocenters. The van der Waals surface area contributed by atoms with E-state index >= 15 is 0 Å². The van der Waals surface area contributed by atoms with Crippen LogP contribution >= 0.6 is 0 Å². The van der Waals surface area contributed by atoms with Gasteiger partial charge in [-0.2, -0.15) is 0 Å². The number of carbonyl (C=O) groups excluding carboxylic acids is 7. The molecule has 0 heterocycles. The SMILES string of the molecule is C[C@H](NC(=O)CN)C(=O)N[C@@H](CC(N)=O)C(=O)N[C@@H](CCC(N)=O)C(=O)N[C@@H](CCC(N)=O)C(=O)O. The monoisotopic (exact) mass is 516 g/mol. The van der Waals surface area contributed by atoms with Gasteiger partial charge >= 0.3 is 5.97 Å². The Morgan fingerprint density at radius 2 is 1.11 bits per heavy atom. The molecule has 0 saturated heterocycles. The summed E-state index contributed by atoms with van der Waals surface area (Å²) < 4.78 is 0. The van der Waals surface area contributed by atoms with Gasteiger partial charge in [-0.3, -0.25) is 33.6 Å². The maximum absolute atomic E-state index is 12.8. The van der Waals surface area contributed by atoms with Crippen LogP contribution in [0.5, 0.6) is 0 Å². The second-order valence-corrected chi connectivity index (χ2v) is 7.70. The van der Waals surface area contributed by atoms with E-state index in [1.165, 1.54) is 6.92 Å². The van der Waals surface area contributed by atoms with Crippen LogP contribution in [0.15, 0.2) is 0 Å². The molecule has 0 spiro atoms. The van der Waals surface area contributed by atoms with Crippen molar-refractivity contribution in [3.63, 3.8) is 0 Å². The zero-order valence-electron chi connectivity index (χ0n) is 19.6. The maximum Gasteiger partial charge on any atom is 0.326 e. The van der Waals surface area contributed by atoms with Gasteiger partial charge < -0.3 is 49.3 Å². The van der Waals surface area contributed by atoms with Gasteiger partial charge in [-0.25, -0.2) is 4.79 Å². The minimum Gasteiger partial charge on any atom is -0.480 e. The van der Waals surface area contributed by atoms with E-state index in [2.05, 4.69) is 21.3 Å². The summed E-state index contributed by atoms with van der Waals surface area (Å²) in [7, 11) is 0. The van der Waals surface area contributed by atoms with E-state index in [0.29, 0.717) is 0 Å². The lowest BCUT2D eigenvalue weighted by Crippen LogP contribution is -2.58. The number of nitrogens with two attached hydrogens (primary N) is 4. The van der Waals surface area contributed by atoms with Crippen molar-refractivity contribution in [2.45, 2.75) is 63.2 Å². The van der Waals surface area contributed by atoms with Crippen LogP contribution in [0.3, 0.4) is 0 Å². The second kappa shape index (κ2) is 15.6. The van der Waals surface area contributed by atoms with Gasteiger partial charge in [-0.1, -0.05) is 0 Å². The van der Waals surface area contributed by atoms with Gasteiger partial charge in [0, 0.05) is 12.8 Å². The first-order valence-corrected chi connectivity index (χ1v) is 10.7. The summed E-state index contributed by atoms with van der Waals surface area (Å²) in [5.41, 5.74) is 20.4. The lowest BCUT2D eigenvalue weighted by molar-refractivity contribution is -0.143. The molecule has 0 aromatic rings. The molecular weight excluding hydrogens is 484 g/mol. The largest absolute Gasteiger partial charge is 0.480 e. The number of aliphatic carboxylic acids is 1. The van der Waals surface area contributed by atoms with Crippen LogP contribution in [0.2, 0.25) is 0 Å². The summed E-state index contributed by atoms with van der Waals surface area (Å²) in [6, 6.07) is -5.82. The Kier molecular flexibility index (Phi) is 13.7. The van der Waals surface area contributed by atoms with Gasteiger partial charge in [0.2, 0.25) is 41.4 Å². The zero-order chi connectivity index (χ0) is 28.0. The van der Waals surface area contributed by atoms with Crippen LogP contribution in [0.25, 0.3) is 0 Å². The molecule has 0 rings (SSSR count). The molecule has 0 unspecified atom stereocenters.